The van der Waals surface area contributed by atoms with Gasteiger partial charge in [0.1, 0.15) is 0 Å². The summed E-state index contributed by atoms with van der Waals surface area (Å²) >= 11 is 0. The summed E-state index contributed by atoms with van der Waals surface area (Å²) < 4.78 is 78.0. The molecule has 13 heteroatoms. The molecule has 0 fully saturated rings. The van der Waals surface area contributed by atoms with Gasteiger partial charge in [-0.3, -0.25) is 10.6 Å². The van der Waals surface area contributed by atoms with Crippen molar-refractivity contribution in [1.82, 2.24) is 11.0 Å². The van der Waals surface area contributed by atoms with Gasteiger partial charge in [-0.05, 0) is 0 Å². The number of hydrazine groups is 2. The smallest absolute Gasteiger partial charge is 0.313 e. The molecule has 0 atom stereocenters. The molecule has 0 amide bonds. The van der Waals surface area contributed by atoms with Gasteiger partial charge in [0.2, 0.25) is 17.4 Å². The van der Waals surface area contributed by atoms with Gasteiger partial charge in [-0.2, -0.15) is 14.3 Å². The molecule has 1 aromatic carbocycles. The van der Waals surface area contributed by atoms with Crippen LogP contribution in [0.4, 0.5) is 17.6 Å². The predicted molar refractivity (Wildman–Crippen MR) is 95.1 cm³/mol. The summed E-state index contributed by atoms with van der Waals surface area (Å²) in [7, 11) is 0. The normalized spacial score (nSPS) is 11.1. The Morgan fingerprint density at radius 3 is 1.77 bits per heavy atom. The second-order valence-corrected chi connectivity index (χ2v) is 5.54. The summed E-state index contributed by atoms with van der Waals surface area (Å²) in [5.74, 6) is -4.43. The molecule has 0 aliphatic carbocycles. The molecule has 1 rings (SSSR count). The summed E-state index contributed by atoms with van der Waals surface area (Å²) in [5.41, 5.74) is 4.93. The van der Waals surface area contributed by atoms with Crippen molar-refractivity contribution in [1.29, 1.82) is 0 Å². The number of hydrogen-bond donors (Lipinski definition) is 3. The monoisotopic (exact) mass is 443 g/mol. The first-order valence-electron chi connectivity index (χ1n) is 9.00. The van der Waals surface area contributed by atoms with Gasteiger partial charge in [0.25, 0.3) is 0 Å². The molecular weight excluding hydrogens is 418 g/mol. The fraction of sp³-hybridized carbons (Fsp3) is 0.588. The van der Waals surface area contributed by atoms with Crippen molar-refractivity contribution in [2.45, 2.75) is 6.42 Å². The van der Waals surface area contributed by atoms with E-state index in [2.05, 4.69) is 15.7 Å². The lowest BCUT2D eigenvalue weighted by Crippen LogP contribution is -2.39. The summed E-state index contributed by atoms with van der Waals surface area (Å²) in [6.45, 7) is 2.82. The van der Waals surface area contributed by atoms with Gasteiger partial charge in [0.05, 0.1) is 59.3 Å². The minimum atomic E-state index is -1.79. The van der Waals surface area contributed by atoms with Crippen LogP contribution < -0.4 is 21.5 Å². The van der Waals surface area contributed by atoms with Crippen LogP contribution in [-0.4, -0.2) is 65.4 Å². The van der Waals surface area contributed by atoms with Crippen molar-refractivity contribution in [2.75, 3.05) is 59.4 Å². The molecule has 0 aliphatic heterocycles. The molecule has 0 aliphatic rings. The molecule has 0 unspecified atom stereocenters. The molecule has 0 saturated carbocycles. The van der Waals surface area contributed by atoms with Crippen LogP contribution >= 0.6 is 0 Å². The molecule has 0 bridgehead atoms. The molecule has 172 valence electrons. The topological polar surface area (TPSA) is 113 Å². The van der Waals surface area contributed by atoms with Crippen molar-refractivity contribution in [3.8, 4) is 5.75 Å². The van der Waals surface area contributed by atoms with Crippen molar-refractivity contribution < 1.29 is 46.0 Å². The lowest BCUT2D eigenvalue weighted by molar-refractivity contribution is -0.136. The van der Waals surface area contributed by atoms with E-state index in [-0.39, 0.29) is 32.3 Å². The predicted octanol–water partition coefficient (Wildman–Crippen LogP) is 0.573. The summed E-state index contributed by atoms with van der Waals surface area (Å²) in [4.78, 5) is 11.5. The van der Waals surface area contributed by atoms with Gasteiger partial charge in [-0.25, -0.2) is 14.2 Å². The van der Waals surface area contributed by atoms with Gasteiger partial charge in [-0.15, -0.1) is 0 Å². The van der Waals surface area contributed by atoms with Crippen LogP contribution in [0.25, 0.3) is 0 Å². The first-order chi connectivity index (χ1) is 14.5. The van der Waals surface area contributed by atoms with Crippen molar-refractivity contribution in [2.24, 2.45) is 5.84 Å². The van der Waals surface area contributed by atoms with Crippen molar-refractivity contribution >= 4 is 5.97 Å². The number of ether oxygens (including phenoxy) is 5. The third-order valence-corrected chi connectivity index (χ3v) is 3.33. The quantitative estimate of drug-likeness (QED) is 0.0605. The third-order valence-electron chi connectivity index (χ3n) is 3.33. The minimum Gasteiger partial charge on any atom is -0.420 e. The van der Waals surface area contributed by atoms with Crippen LogP contribution in [0, 0.1) is 23.3 Å². The Labute approximate surface area is 170 Å². The van der Waals surface area contributed by atoms with Crippen LogP contribution in [0.1, 0.15) is 6.42 Å². The van der Waals surface area contributed by atoms with Crippen LogP contribution in [0.5, 0.6) is 5.75 Å². The fourth-order valence-electron chi connectivity index (χ4n) is 1.92. The highest BCUT2D eigenvalue weighted by Crippen LogP contribution is 2.26. The Morgan fingerprint density at radius 1 is 0.800 bits per heavy atom. The summed E-state index contributed by atoms with van der Waals surface area (Å²) in [6.07, 6.45) is -0.378. The number of nitrogens with one attached hydrogen (secondary N) is 2. The Hall–Kier alpha value is -1.87. The maximum absolute atomic E-state index is 13.4. The summed E-state index contributed by atoms with van der Waals surface area (Å²) in [5, 5.41) is 0. The van der Waals surface area contributed by atoms with E-state index in [0.29, 0.717) is 39.6 Å². The number of halogens is 4. The van der Waals surface area contributed by atoms with Gasteiger partial charge >= 0.3 is 5.97 Å². The summed E-state index contributed by atoms with van der Waals surface area (Å²) in [6, 6.07) is 0.0183. The van der Waals surface area contributed by atoms with Gasteiger partial charge < -0.3 is 23.7 Å². The Kier molecular flexibility index (Phi) is 13.9. The minimum absolute atomic E-state index is 0.0183. The highest BCUT2D eigenvalue weighted by Gasteiger charge is 2.22. The molecule has 0 spiro atoms. The number of esters is 1. The lowest BCUT2D eigenvalue weighted by atomic mass is 10.3. The molecule has 9 nitrogen and oxygen atoms in total. The van der Waals surface area contributed by atoms with E-state index in [1.54, 1.807) is 0 Å². The average Bonchev–Trinajstić information content (AvgIpc) is 2.72. The van der Waals surface area contributed by atoms with E-state index in [0.717, 1.165) is 0 Å². The molecule has 0 aromatic heterocycles. The molecule has 0 saturated heterocycles. The van der Waals surface area contributed by atoms with E-state index in [4.69, 9.17) is 24.8 Å². The average molecular weight is 443 g/mol. The van der Waals surface area contributed by atoms with Gasteiger partial charge in [0.15, 0.2) is 11.6 Å². The SMILES string of the molecule is NNNCCOCCOCCOCCOCCC(=O)Oc1c(F)c(F)cc(F)c1F. The van der Waals surface area contributed by atoms with Gasteiger partial charge in [0, 0.05) is 12.6 Å². The maximum atomic E-state index is 13.4. The van der Waals surface area contributed by atoms with Crippen molar-refractivity contribution in [3.63, 3.8) is 0 Å². The largest absolute Gasteiger partial charge is 0.420 e. The number of carbonyl (C=O) groups is 1. The number of benzene rings is 1. The van der Waals surface area contributed by atoms with Gasteiger partial charge in [-0.1, -0.05) is 0 Å². The first-order valence-corrected chi connectivity index (χ1v) is 9.00. The second kappa shape index (κ2) is 15.9. The standard InChI is InChI=1S/C17H25F4N3O6/c18-12-11-13(19)16(21)17(15(12)20)30-14(25)1-3-26-5-7-28-9-10-29-8-6-27-4-2-23-24-22/h11,23-24H,1-10,22H2. The molecular formula is C17H25F4N3O6. The van der Waals surface area contributed by atoms with Crippen LogP contribution in [0.15, 0.2) is 6.07 Å². The lowest BCUT2D eigenvalue weighted by Gasteiger charge is -2.09. The van der Waals surface area contributed by atoms with Crippen LogP contribution in [0.2, 0.25) is 0 Å². The van der Waals surface area contributed by atoms with E-state index < -0.39 is 35.0 Å². The number of hydrogen-bond acceptors (Lipinski definition) is 9. The van der Waals surface area contributed by atoms with E-state index in [1.165, 1.54) is 0 Å². The highest BCUT2D eigenvalue weighted by atomic mass is 19.2. The zero-order chi connectivity index (χ0) is 22.2. The molecule has 4 N–H and O–H groups in total. The van der Waals surface area contributed by atoms with Crippen LogP contribution in [0.3, 0.4) is 0 Å². The zero-order valence-electron chi connectivity index (χ0n) is 16.2. The highest BCUT2D eigenvalue weighted by molar-refractivity contribution is 5.72. The Bertz CT molecular complexity index is 616. The second-order valence-electron chi connectivity index (χ2n) is 5.54. The zero-order valence-corrected chi connectivity index (χ0v) is 16.2. The number of rotatable bonds is 17. The Balaban J connectivity index is 1.99. The van der Waals surface area contributed by atoms with Crippen molar-refractivity contribution in [3.05, 3.63) is 29.3 Å². The number of carbonyl (C=O) groups excluding carboxylic acids is 1. The van der Waals surface area contributed by atoms with E-state index in [1.807, 2.05) is 0 Å². The van der Waals surface area contributed by atoms with E-state index in [9.17, 15) is 22.4 Å². The number of nitrogens with two attached hydrogens (primary N) is 1. The van der Waals surface area contributed by atoms with E-state index >= 15 is 0 Å². The van der Waals surface area contributed by atoms with Crippen LogP contribution in [-0.2, 0) is 23.7 Å². The fourth-order valence-corrected chi connectivity index (χ4v) is 1.92. The first kappa shape index (κ1) is 26.2. The third kappa shape index (κ3) is 10.8. The Morgan fingerprint density at radius 2 is 1.27 bits per heavy atom. The molecule has 30 heavy (non-hydrogen) atoms. The molecule has 0 radical (unpaired) electrons. The maximum Gasteiger partial charge on any atom is 0.313 e. The molecule has 1 aromatic rings. The molecule has 0 heterocycles.